The fourth-order valence-electron chi connectivity index (χ4n) is 2.68. The number of nitrogens with two attached hydrogens (primary N) is 1. The predicted octanol–water partition coefficient (Wildman–Crippen LogP) is 3.54. The van der Waals surface area contributed by atoms with E-state index in [9.17, 15) is 0 Å². The monoisotopic (exact) mass is 305 g/mol. The van der Waals surface area contributed by atoms with Gasteiger partial charge in [0.2, 0.25) is 0 Å². The van der Waals surface area contributed by atoms with E-state index in [0.717, 1.165) is 34.4 Å². The van der Waals surface area contributed by atoms with Gasteiger partial charge in [0.25, 0.3) is 0 Å². The maximum atomic E-state index is 8.97. The van der Waals surface area contributed by atoms with Gasteiger partial charge >= 0.3 is 0 Å². The molecule has 0 bridgehead atoms. The molecule has 2 aromatic heterocycles. The third-order valence-corrected chi connectivity index (χ3v) is 3.78. The number of H-pyrrole nitrogens is 1. The lowest BCUT2D eigenvalue weighted by Crippen LogP contribution is -2.14. The van der Waals surface area contributed by atoms with Crippen molar-refractivity contribution in [3.8, 4) is 17.2 Å². The molecule has 1 aromatic carbocycles. The molecule has 3 aromatic rings. The van der Waals surface area contributed by atoms with Crippen molar-refractivity contribution in [3.63, 3.8) is 0 Å². The number of nitrogens with one attached hydrogen (secondary N) is 1. The summed E-state index contributed by atoms with van der Waals surface area (Å²) in [6.45, 7) is 4.30. The van der Waals surface area contributed by atoms with Gasteiger partial charge in [0.1, 0.15) is 17.6 Å². The average Bonchev–Trinajstić information content (AvgIpc) is 2.97. The Balaban J connectivity index is 1.97. The van der Waals surface area contributed by atoms with Gasteiger partial charge in [0, 0.05) is 6.20 Å². The predicted molar refractivity (Wildman–Crippen MR) is 90.4 cm³/mol. The Hall–Kier alpha value is -2.71. The molecular formula is C18H19N5. The Kier molecular flexibility index (Phi) is 4.09. The van der Waals surface area contributed by atoms with Gasteiger partial charge in [-0.25, -0.2) is 9.97 Å². The molecule has 0 amide bonds. The zero-order chi connectivity index (χ0) is 16.4. The van der Waals surface area contributed by atoms with Crippen LogP contribution in [-0.2, 0) is 0 Å². The third kappa shape index (κ3) is 3.22. The smallest absolute Gasteiger partial charge is 0.141 e. The summed E-state index contributed by atoms with van der Waals surface area (Å²) in [7, 11) is 0. The van der Waals surface area contributed by atoms with E-state index in [1.807, 2.05) is 24.3 Å². The number of rotatable bonds is 4. The van der Waals surface area contributed by atoms with Crippen LogP contribution < -0.4 is 5.73 Å². The Bertz CT molecular complexity index is 872. The van der Waals surface area contributed by atoms with Crippen molar-refractivity contribution >= 4 is 11.0 Å². The molecule has 1 atom stereocenters. The van der Waals surface area contributed by atoms with E-state index < -0.39 is 0 Å². The second kappa shape index (κ2) is 6.19. The Morgan fingerprint density at radius 1 is 1.22 bits per heavy atom. The van der Waals surface area contributed by atoms with Gasteiger partial charge in [0.05, 0.1) is 17.1 Å². The topological polar surface area (TPSA) is 91.4 Å². The Morgan fingerprint density at radius 3 is 2.74 bits per heavy atom. The SMILES string of the molecule is CC(C)C[C@@H](N)c1nc2ccc(-c3ccnc(C#N)c3)cc2[nH]1. The highest BCUT2D eigenvalue weighted by Crippen LogP contribution is 2.25. The Labute approximate surface area is 135 Å². The summed E-state index contributed by atoms with van der Waals surface area (Å²) in [6.07, 6.45) is 2.54. The number of aromatic amines is 1. The van der Waals surface area contributed by atoms with Crippen molar-refractivity contribution in [3.05, 3.63) is 48.0 Å². The summed E-state index contributed by atoms with van der Waals surface area (Å²) < 4.78 is 0. The number of nitrogens with zero attached hydrogens (tertiary/aromatic N) is 3. The fourth-order valence-corrected chi connectivity index (χ4v) is 2.68. The zero-order valence-electron chi connectivity index (χ0n) is 13.2. The molecule has 0 aliphatic rings. The number of nitriles is 1. The molecule has 0 radical (unpaired) electrons. The quantitative estimate of drug-likeness (QED) is 0.771. The van der Waals surface area contributed by atoms with Crippen LogP contribution in [0.4, 0.5) is 0 Å². The number of hydrogen-bond acceptors (Lipinski definition) is 4. The Morgan fingerprint density at radius 2 is 2.00 bits per heavy atom. The highest BCUT2D eigenvalue weighted by atomic mass is 15.0. The van der Waals surface area contributed by atoms with Crippen LogP contribution in [0.2, 0.25) is 0 Å². The van der Waals surface area contributed by atoms with E-state index in [-0.39, 0.29) is 6.04 Å². The van der Waals surface area contributed by atoms with Crippen molar-refractivity contribution < 1.29 is 0 Å². The minimum absolute atomic E-state index is 0.0861. The van der Waals surface area contributed by atoms with Gasteiger partial charge in [-0.2, -0.15) is 5.26 Å². The van der Waals surface area contributed by atoms with Crippen LogP contribution in [0.15, 0.2) is 36.5 Å². The fraction of sp³-hybridized carbons (Fsp3) is 0.278. The summed E-state index contributed by atoms with van der Waals surface area (Å²) in [5.41, 5.74) is 10.4. The molecule has 0 saturated heterocycles. The van der Waals surface area contributed by atoms with Crippen LogP contribution in [0.3, 0.4) is 0 Å². The zero-order valence-corrected chi connectivity index (χ0v) is 13.2. The van der Waals surface area contributed by atoms with Crippen LogP contribution in [-0.4, -0.2) is 15.0 Å². The van der Waals surface area contributed by atoms with Crippen molar-refractivity contribution in [1.29, 1.82) is 5.26 Å². The van der Waals surface area contributed by atoms with Gasteiger partial charge < -0.3 is 10.7 Å². The first kappa shape index (κ1) is 15.2. The summed E-state index contributed by atoms with van der Waals surface area (Å²) in [4.78, 5) is 11.9. The van der Waals surface area contributed by atoms with Crippen LogP contribution in [0.25, 0.3) is 22.2 Å². The first-order chi connectivity index (χ1) is 11.1. The molecule has 3 N–H and O–H groups in total. The molecule has 3 rings (SSSR count). The average molecular weight is 305 g/mol. The summed E-state index contributed by atoms with van der Waals surface area (Å²) in [5.74, 6) is 1.34. The van der Waals surface area contributed by atoms with Gasteiger partial charge in [-0.3, -0.25) is 0 Å². The summed E-state index contributed by atoms with van der Waals surface area (Å²) in [6, 6.07) is 11.7. The maximum absolute atomic E-state index is 8.97. The number of fused-ring (bicyclic) bond motifs is 1. The van der Waals surface area contributed by atoms with Crippen LogP contribution >= 0.6 is 0 Å². The van der Waals surface area contributed by atoms with Crippen molar-refractivity contribution in [2.75, 3.05) is 0 Å². The number of pyridine rings is 1. The number of hydrogen-bond donors (Lipinski definition) is 2. The van der Waals surface area contributed by atoms with E-state index in [1.54, 1.807) is 12.3 Å². The van der Waals surface area contributed by atoms with Crippen molar-refractivity contribution in [1.82, 2.24) is 15.0 Å². The molecule has 0 saturated carbocycles. The first-order valence-corrected chi connectivity index (χ1v) is 7.68. The minimum Gasteiger partial charge on any atom is -0.341 e. The minimum atomic E-state index is -0.0861. The third-order valence-electron chi connectivity index (χ3n) is 3.78. The van der Waals surface area contributed by atoms with E-state index >= 15 is 0 Å². The molecule has 0 aliphatic heterocycles. The molecular weight excluding hydrogens is 286 g/mol. The molecule has 0 unspecified atom stereocenters. The first-order valence-electron chi connectivity index (χ1n) is 7.68. The van der Waals surface area contributed by atoms with E-state index in [0.29, 0.717) is 11.6 Å². The lowest BCUT2D eigenvalue weighted by Gasteiger charge is -2.10. The van der Waals surface area contributed by atoms with Crippen LogP contribution in [0.1, 0.15) is 37.8 Å². The van der Waals surface area contributed by atoms with Crippen LogP contribution in [0, 0.1) is 17.2 Å². The highest BCUT2D eigenvalue weighted by Gasteiger charge is 2.13. The van der Waals surface area contributed by atoms with E-state index in [2.05, 4.69) is 34.9 Å². The largest absolute Gasteiger partial charge is 0.341 e. The molecule has 0 spiro atoms. The molecule has 0 fully saturated rings. The number of imidazole rings is 1. The van der Waals surface area contributed by atoms with Gasteiger partial charge in [-0.1, -0.05) is 19.9 Å². The second-order valence-electron chi connectivity index (χ2n) is 6.13. The lowest BCUT2D eigenvalue weighted by atomic mass is 10.0. The second-order valence-corrected chi connectivity index (χ2v) is 6.13. The highest BCUT2D eigenvalue weighted by molar-refractivity contribution is 5.82. The lowest BCUT2D eigenvalue weighted by molar-refractivity contribution is 0.496. The number of benzene rings is 1. The summed E-state index contributed by atoms with van der Waals surface area (Å²) >= 11 is 0. The maximum Gasteiger partial charge on any atom is 0.141 e. The standard InChI is InChI=1S/C18H19N5/c1-11(2)7-15(20)18-22-16-4-3-12(9-17(16)23-18)13-5-6-21-14(8-13)10-19/h3-6,8-9,11,15H,7,20H2,1-2H3,(H,22,23)/t15-/m1/s1. The molecule has 116 valence electrons. The van der Waals surface area contributed by atoms with E-state index in [4.69, 9.17) is 11.0 Å². The van der Waals surface area contributed by atoms with Gasteiger partial charge in [0.15, 0.2) is 0 Å². The van der Waals surface area contributed by atoms with E-state index in [1.165, 1.54) is 0 Å². The normalized spacial score (nSPS) is 12.5. The molecule has 23 heavy (non-hydrogen) atoms. The number of aromatic nitrogens is 3. The molecule has 5 heteroatoms. The molecule has 0 aliphatic carbocycles. The van der Waals surface area contributed by atoms with Gasteiger partial charge in [-0.05, 0) is 47.7 Å². The van der Waals surface area contributed by atoms with Crippen molar-refractivity contribution in [2.45, 2.75) is 26.3 Å². The molecule has 5 nitrogen and oxygen atoms in total. The van der Waals surface area contributed by atoms with Crippen LogP contribution in [0.5, 0.6) is 0 Å². The van der Waals surface area contributed by atoms with Crippen molar-refractivity contribution in [2.24, 2.45) is 11.7 Å². The molecule has 2 heterocycles. The summed E-state index contributed by atoms with van der Waals surface area (Å²) in [5, 5.41) is 8.97. The van der Waals surface area contributed by atoms with Gasteiger partial charge in [-0.15, -0.1) is 0 Å².